The summed E-state index contributed by atoms with van der Waals surface area (Å²) in [5.41, 5.74) is 3.56. The normalized spacial score (nSPS) is 14.5. The molecule has 0 spiro atoms. The minimum Gasteiger partial charge on any atom is -0.480 e. The van der Waals surface area contributed by atoms with Gasteiger partial charge in [-0.05, 0) is 49.9 Å². The van der Waals surface area contributed by atoms with E-state index in [0.717, 1.165) is 22.3 Å². The molecule has 0 bridgehead atoms. The lowest BCUT2D eigenvalue weighted by Crippen LogP contribution is -2.55. The Bertz CT molecular complexity index is 968. The zero-order valence-electron chi connectivity index (χ0n) is 18.5. The molecule has 2 aromatic carbocycles. The van der Waals surface area contributed by atoms with Gasteiger partial charge in [0.15, 0.2) is 0 Å². The van der Waals surface area contributed by atoms with E-state index in [9.17, 15) is 19.5 Å². The fourth-order valence-corrected chi connectivity index (χ4v) is 3.74. The van der Waals surface area contributed by atoms with Gasteiger partial charge in [-0.1, -0.05) is 48.5 Å². The summed E-state index contributed by atoms with van der Waals surface area (Å²) in [5.74, 6) is -1.45. The minimum atomic E-state index is -1.39. The summed E-state index contributed by atoms with van der Waals surface area (Å²) in [7, 11) is 0. The van der Waals surface area contributed by atoms with Gasteiger partial charge in [0.2, 0.25) is 0 Å². The van der Waals surface area contributed by atoms with E-state index < -0.39 is 35.8 Å². The average molecular weight is 440 g/mol. The van der Waals surface area contributed by atoms with Crippen LogP contribution in [-0.4, -0.2) is 47.6 Å². The molecule has 2 atom stereocenters. The van der Waals surface area contributed by atoms with E-state index in [-0.39, 0.29) is 12.5 Å². The van der Waals surface area contributed by atoms with Crippen LogP contribution in [0.1, 0.15) is 44.7 Å². The van der Waals surface area contributed by atoms with Crippen LogP contribution in [0.3, 0.4) is 0 Å². The van der Waals surface area contributed by atoms with Crippen molar-refractivity contribution in [2.24, 2.45) is 0 Å². The molecule has 8 heteroatoms. The molecule has 3 N–H and O–H groups in total. The SMILES string of the molecule is C[C@@H](NC(=O)OC(C)(C)C)[C@@H](NC(=O)OCC1c2ccccc2-c2ccccc21)C(=O)O. The molecule has 0 radical (unpaired) electrons. The number of carboxylic acids is 1. The van der Waals surface area contributed by atoms with Crippen molar-refractivity contribution >= 4 is 18.2 Å². The van der Waals surface area contributed by atoms with Crippen LogP contribution in [-0.2, 0) is 14.3 Å². The molecule has 3 rings (SSSR count). The van der Waals surface area contributed by atoms with E-state index in [1.165, 1.54) is 6.92 Å². The smallest absolute Gasteiger partial charge is 0.407 e. The third kappa shape index (κ3) is 5.38. The largest absolute Gasteiger partial charge is 0.480 e. The fourth-order valence-electron chi connectivity index (χ4n) is 3.74. The van der Waals surface area contributed by atoms with Crippen LogP contribution < -0.4 is 10.6 Å². The first-order chi connectivity index (χ1) is 15.1. The number of benzene rings is 2. The molecule has 0 heterocycles. The van der Waals surface area contributed by atoms with Crippen LogP contribution >= 0.6 is 0 Å². The van der Waals surface area contributed by atoms with Crippen LogP contribution in [0.5, 0.6) is 0 Å². The third-order valence-electron chi connectivity index (χ3n) is 5.13. The maximum atomic E-state index is 12.4. The summed E-state index contributed by atoms with van der Waals surface area (Å²) in [6.07, 6.45) is -1.65. The topological polar surface area (TPSA) is 114 Å². The summed E-state index contributed by atoms with van der Waals surface area (Å²) in [6.45, 7) is 6.61. The number of aliphatic carboxylic acids is 1. The van der Waals surface area contributed by atoms with Gasteiger partial charge in [0.25, 0.3) is 0 Å². The summed E-state index contributed by atoms with van der Waals surface area (Å²) < 4.78 is 10.5. The quantitative estimate of drug-likeness (QED) is 0.628. The average Bonchev–Trinajstić information content (AvgIpc) is 3.02. The van der Waals surface area contributed by atoms with E-state index in [1.807, 2.05) is 48.5 Å². The molecule has 170 valence electrons. The number of hydrogen-bond donors (Lipinski definition) is 3. The van der Waals surface area contributed by atoms with Crippen molar-refractivity contribution in [3.05, 3.63) is 59.7 Å². The zero-order valence-corrected chi connectivity index (χ0v) is 18.5. The predicted octanol–water partition coefficient (Wildman–Crippen LogP) is 3.89. The van der Waals surface area contributed by atoms with Gasteiger partial charge in [-0.2, -0.15) is 0 Å². The molecule has 1 aliphatic rings. The van der Waals surface area contributed by atoms with Crippen LogP contribution in [0.25, 0.3) is 11.1 Å². The third-order valence-corrected chi connectivity index (χ3v) is 5.13. The fraction of sp³-hybridized carbons (Fsp3) is 0.375. The number of carbonyl (C=O) groups is 3. The van der Waals surface area contributed by atoms with Crippen molar-refractivity contribution in [1.29, 1.82) is 0 Å². The Morgan fingerprint density at radius 3 is 1.97 bits per heavy atom. The van der Waals surface area contributed by atoms with Gasteiger partial charge >= 0.3 is 18.2 Å². The van der Waals surface area contributed by atoms with Gasteiger partial charge in [-0.3, -0.25) is 0 Å². The summed E-state index contributed by atoms with van der Waals surface area (Å²) in [5, 5.41) is 14.3. The molecule has 0 aromatic heterocycles. The van der Waals surface area contributed by atoms with E-state index in [0.29, 0.717) is 0 Å². The number of carbonyl (C=O) groups excluding carboxylic acids is 2. The second-order valence-corrected chi connectivity index (χ2v) is 8.72. The number of amides is 2. The first-order valence-corrected chi connectivity index (χ1v) is 10.4. The maximum Gasteiger partial charge on any atom is 0.407 e. The second-order valence-electron chi connectivity index (χ2n) is 8.72. The number of rotatable bonds is 6. The Morgan fingerprint density at radius 1 is 0.938 bits per heavy atom. The van der Waals surface area contributed by atoms with Crippen LogP contribution in [0.4, 0.5) is 9.59 Å². The van der Waals surface area contributed by atoms with Gasteiger partial charge in [0.05, 0.1) is 6.04 Å². The lowest BCUT2D eigenvalue weighted by atomic mass is 9.98. The monoisotopic (exact) mass is 440 g/mol. The van der Waals surface area contributed by atoms with Gasteiger partial charge in [-0.15, -0.1) is 0 Å². The highest BCUT2D eigenvalue weighted by molar-refractivity contribution is 5.82. The molecule has 32 heavy (non-hydrogen) atoms. The van der Waals surface area contributed by atoms with Gasteiger partial charge in [-0.25, -0.2) is 14.4 Å². The highest BCUT2D eigenvalue weighted by atomic mass is 16.6. The first kappa shape index (κ1) is 23.1. The van der Waals surface area contributed by atoms with Crippen molar-refractivity contribution in [2.75, 3.05) is 6.61 Å². The molecule has 0 fully saturated rings. The van der Waals surface area contributed by atoms with E-state index in [4.69, 9.17) is 9.47 Å². The Morgan fingerprint density at radius 2 is 1.47 bits per heavy atom. The van der Waals surface area contributed by atoms with Crippen molar-refractivity contribution in [3.8, 4) is 11.1 Å². The second kappa shape index (κ2) is 9.30. The molecular formula is C24H28N2O6. The van der Waals surface area contributed by atoms with Crippen molar-refractivity contribution in [1.82, 2.24) is 10.6 Å². The van der Waals surface area contributed by atoms with Crippen molar-refractivity contribution in [2.45, 2.75) is 51.3 Å². The Labute approximate surface area is 186 Å². The Balaban J connectivity index is 1.63. The number of hydrogen-bond acceptors (Lipinski definition) is 5. The van der Waals surface area contributed by atoms with Gasteiger partial charge in [0.1, 0.15) is 18.2 Å². The molecular weight excluding hydrogens is 412 g/mol. The molecule has 0 saturated carbocycles. The highest BCUT2D eigenvalue weighted by Crippen LogP contribution is 2.44. The maximum absolute atomic E-state index is 12.4. The molecule has 8 nitrogen and oxygen atoms in total. The summed E-state index contributed by atoms with van der Waals surface area (Å²) >= 11 is 0. The van der Waals surface area contributed by atoms with Gasteiger partial charge in [0, 0.05) is 5.92 Å². The van der Waals surface area contributed by atoms with Crippen LogP contribution in [0.15, 0.2) is 48.5 Å². The van der Waals surface area contributed by atoms with Crippen LogP contribution in [0.2, 0.25) is 0 Å². The summed E-state index contributed by atoms with van der Waals surface area (Å²) in [4.78, 5) is 36.0. The predicted molar refractivity (Wildman–Crippen MR) is 118 cm³/mol. The number of fused-ring (bicyclic) bond motifs is 3. The zero-order chi connectivity index (χ0) is 23.5. The standard InChI is InChI=1S/C24H28N2O6/c1-14(25-23(30)32-24(2,3)4)20(21(27)28)26-22(29)31-13-19-17-11-7-5-9-15(17)16-10-6-8-12-18(16)19/h5-12,14,19-20H,13H2,1-4H3,(H,25,30)(H,26,29)(H,27,28)/t14-,20-/m1/s1. The lowest BCUT2D eigenvalue weighted by Gasteiger charge is -2.25. The number of alkyl carbamates (subject to hydrolysis) is 2. The first-order valence-electron chi connectivity index (χ1n) is 10.4. The lowest BCUT2D eigenvalue weighted by molar-refractivity contribution is -0.140. The summed E-state index contributed by atoms with van der Waals surface area (Å²) in [6, 6.07) is 13.5. The van der Waals surface area contributed by atoms with Crippen molar-refractivity contribution in [3.63, 3.8) is 0 Å². The van der Waals surface area contributed by atoms with Gasteiger partial charge < -0.3 is 25.2 Å². The van der Waals surface area contributed by atoms with E-state index in [1.54, 1.807) is 20.8 Å². The van der Waals surface area contributed by atoms with Crippen LogP contribution in [0, 0.1) is 0 Å². The Kier molecular flexibility index (Phi) is 6.72. The van der Waals surface area contributed by atoms with E-state index in [2.05, 4.69) is 10.6 Å². The number of nitrogens with one attached hydrogen (secondary N) is 2. The molecule has 0 saturated heterocycles. The Hall–Kier alpha value is -3.55. The van der Waals surface area contributed by atoms with E-state index >= 15 is 0 Å². The molecule has 0 unspecified atom stereocenters. The molecule has 2 amide bonds. The molecule has 1 aliphatic carbocycles. The highest BCUT2D eigenvalue weighted by Gasteiger charge is 2.32. The number of carboxylic acid groups (broad SMARTS) is 1. The van der Waals surface area contributed by atoms with Crippen molar-refractivity contribution < 1.29 is 29.0 Å². The molecule has 0 aliphatic heterocycles. The number of ether oxygens (including phenoxy) is 2. The minimum absolute atomic E-state index is 0.0556. The molecule has 2 aromatic rings.